The van der Waals surface area contributed by atoms with Crippen LogP contribution in [0.4, 0.5) is 0 Å². The fourth-order valence-corrected chi connectivity index (χ4v) is 1.94. The van der Waals surface area contributed by atoms with E-state index in [0.29, 0.717) is 28.7 Å². The van der Waals surface area contributed by atoms with Gasteiger partial charge in [-0.05, 0) is 30.7 Å². The van der Waals surface area contributed by atoms with E-state index in [1.165, 1.54) is 19.3 Å². The van der Waals surface area contributed by atoms with Crippen molar-refractivity contribution in [1.29, 1.82) is 0 Å². The van der Waals surface area contributed by atoms with Gasteiger partial charge in [0.15, 0.2) is 18.1 Å². The van der Waals surface area contributed by atoms with Gasteiger partial charge in [0.2, 0.25) is 0 Å². The Kier molecular flexibility index (Phi) is 8.23. The Hall–Kier alpha value is -2.65. The van der Waals surface area contributed by atoms with Gasteiger partial charge in [-0.15, -0.1) is 6.42 Å². The minimum Gasteiger partial charge on any atom is -0.493 e. The fraction of sp³-hybridized carbons (Fsp3) is 0.294. The third kappa shape index (κ3) is 6.23. The molecule has 0 heterocycles. The predicted molar refractivity (Wildman–Crippen MR) is 91.0 cm³/mol. The zero-order valence-corrected chi connectivity index (χ0v) is 14.2. The Labute approximate surface area is 145 Å². The maximum atomic E-state index is 11.6. The molecule has 0 radical (unpaired) electrons. The maximum absolute atomic E-state index is 11.6. The maximum Gasteiger partial charge on any atom is 0.331 e. The molecule has 1 aromatic carbocycles. The second-order valence-corrected chi connectivity index (χ2v) is 4.80. The first-order chi connectivity index (χ1) is 11.5. The number of hydrogen-bond donors (Lipinski definition) is 1. The van der Waals surface area contributed by atoms with E-state index < -0.39 is 18.5 Å². The minimum atomic E-state index is -0.671. The summed E-state index contributed by atoms with van der Waals surface area (Å²) in [5, 5.41) is 2.74. The first kappa shape index (κ1) is 19.4. The second-order valence-electron chi connectivity index (χ2n) is 4.39. The zero-order chi connectivity index (χ0) is 17.9. The molecule has 0 fully saturated rings. The highest BCUT2D eigenvalue weighted by Crippen LogP contribution is 2.36. The van der Waals surface area contributed by atoms with Crippen LogP contribution < -0.4 is 14.8 Å². The lowest BCUT2D eigenvalue weighted by Gasteiger charge is -2.11. The van der Waals surface area contributed by atoms with Gasteiger partial charge < -0.3 is 19.5 Å². The van der Waals surface area contributed by atoms with Crippen LogP contribution in [0.1, 0.15) is 12.5 Å². The summed E-state index contributed by atoms with van der Waals surface area (Å²) < 4.78 is 15.4. The Bertz CT molecular complexity index is 664. The number of amides is 1. The van der Waals surface area contributed by atoms with Gasteiger partial charge in [-0.2, -0.15) is 0 Å². The molecule has 0 aliphatic heterocycles. The molecule has 6 nitrogen and oxygen atoms in total. The summed E-state index contributed by atoms with van der Waals surface area (Å²) in [7, 11) is 1.49. The zero-order valence-electron chi connectivity index (χ0n) is 13.4. The smallest absolute Gasteiger partial charge is 0.331 e. The highest BCUT2D eigenvalue weighted by molar-refractivity contribution is 6.32. The molecule has 24 heavy (non-hydrogen) atoms. The van der Waals surface area contributed by atoms with Crippen LogP contribution >= 0.6 is 11.6 Å². The molecule has 0 saturated carbocycles. The van der Waals surface area contributed by atoms with Gasteiger partial charge in [0.05, 0.1) is 25.3 Å². The summed E-state index contributed by atoms with van der Waals surface area (Å²) in [5.74, 6) is 1.98. The SMILES string of the molecule is C#CCNC(=O)COC(=O)/C=C/c1cc(Cl)c(OCC)c(OC)c1. The average Bonchev–Trinajstić information content (AvgIpc) is 2.58. The van der Waals surface area contributed by atoms with E-state index in [9.17, 15) is 9.59 Å². The number of carbonyl (C=O) groups excluding carboxylic acids is 2. The Morgan fingerprint density at radius 1 is 1.42 bits per heavy atom. The van der Waals surface area contributed by atoms with Crippen LogP contribution in [-0.2, 0) is 14.3 Å². The Morgan fingerprint density at radius 3 is 2.79 bits per heavy atom. The van der Waals surface area contributed by atoms with E-state index in [1.807, 2.05) is 6.92 Å². The van der Waals surface area contributed by atoms with Crippen molar-refractivity contribution in [1.82, 2.24) is 5.32 Å². The van der Waals surface area contributed by atoms with Gasteiger partial charge in [0.1, 0.15) is 0 Å². The largest absolute Gasteiger partial charge is 0.493 e. The number of carbonyl (C=O) groups is 2. The van der Waals surface area contributed by atoms with Crippen LogP contribution in [0.25, 0.3) is 6.08 Å². The number of methoxy groups -OCH3 is 1. The van der Waals surface area contributed by atoms with Crippen LogP contribution in [0.5, 0.6) is 11.5 Å². The van der Waals surface area contributed by atoms with Crippen LogP contribution in [0.3, 0.4) is 0 Å². The van der Waals surface area contributed by atoms with E-state index >= 15 is 0 Å². The third-order valence-corrected chi connectivity index (χ3v) is 2.97. The molecule has 1 N–H and O–H groups in total. The number of esters is 1. The van der Waals surface area contributed by atoms with E-state index in [1.54, 1.807) is 12.1 Å². The second kappa shape index (κ2) is 10.2. The summed E-state index contributed by atoms with van der Waals surface area (Å²) in [6, 6.07) is 3.29. The molecule has 1 rings (SSSR count). The normalized spacial score (nSPS) is 10.1. The van der Waals surface area contributed by atoms with E-state index in [4.69, 9.17) is 32.2 Å². The van der Waals surface area contributed by atoms with Crippen molar-refractivity contribution in [3.8, 4) is 23.8 Å². The molecular formula is C17H18ClNO5. The van der Waals surface area contributed by atoms with Gasteiger partial charge in [0, 0.05) is 6.08 Å². The molecule has 0 bridgehead atoms. The topological polar surface area (TPSA) is 73.9 Å². The molecule has 0 atom stereocenters. The van der Waals surface area contributed by atoms with Gasteiger partial charge in [-0.3, -0.25) is 4.79 Å². The highest BCUT2D eigenvalue weighted by Gasteiger charge is 2.11. The summed E-state index contributed by atoms with van der Waals surface area (Å²) >= 11 is 6.13. The highest BCUT2D eigenvalue weighted by atomic mass is 35.5. The molecule has 0 spiro atoms. The van der Waals surface area contributed by atoms with Crippen molar-refractivity contribution < 1.29 is 23.8 Å². The molecule has 128 valence electrons. The average molecular weight is 352 g/mol. The predicted octanol–water partition coefficient (Wildman–Crippen LogP) is 2.05. The van der Waals surface area contributed by atoms with Crippen LogP contribution in [-0.4, -0.2) is 38.7 Å². The Morgan fingerprint density at radius 2 is 2.17 bits per heavy atom. The lowest BCUT2D eigenvalue weighted by Crippen LogP contribution is -2.28. The summed E-state index contributed by atoms with van der Waals surface area (Å²) in [6.45, 7) is 1.95. The number of nitrogens with one attached hydrogen (secondary N) is 1. The van der Waals surface area contributed by atoms with Crippen molar-refractivity contribution >= 4 is 29.6 Å². The van der Waals surface area contributed by atoms with Gasteiger partial charge in [-0.25, -0.2) is 4.79 Å². The first-order valence-corrected chi connectivity index (χ1v) is 7.44. The molecular weight excluding hydrogens is 334 g/mol. The molecule has 1 amide bonds. The van der Waals surface area contributed by atoms with Crippen molar-refractivity contribution in [3.05, 3.63) is 28.8 Å². The summed E-state index contributed by atoms with van der Waals surface area (Å²) in [6.07, 6.45) is 7.67. The fourth-order valence-electron chi connectivity index (χ4n) is 1.67. The third-order valence-electron chi connectivity index (χ3n) is 2.69. The lowest BCUT2D eigenvalue weighted by atomic mass is 10.2. The van der Waals surface area contributed by atoms with Gasteiger partial charge >= 0.3 is 5.97 Å². The van der Waals surface area contributed by atoms with Crippen LogP contribution in [0.15, 0.2) is 18.2 Å². The molecule has 7 heteroatoms. The Balaban J connectivity index is 2.70. The number of terminal acetylenes is 1. The summed E-state index contributed by atoms with van der Waals surface area (Å²) in [4.78, 5) is 22.8. The number of benzene rings is 1. The number of halogens is 1. The van der Waals surface area contributed by atoms with E-state index in [2.05, 4.69) is 11.2 Å². The monoisotopic (exact) mass is 351 g/mol. The van der Waals surface area contributed by atoms with Gasteiger partial charge in [-0.1, -0.05) is 17.5 Å². The van der Waals surface area contributed by atoms with E-state index in [-0.39, 0.29) is 6.54 Å². The molecule has 0 aliphatic rings. The van der Waals surface area contributed by atoms with Crippen LogP contribution in [0.2, 0.25) is 5.02 Å². The van der Waals surface area contributed by atoms with Crippen molar-refractivity contribution in [2.45, 2.75) is 6.92 Å². The molecule has 0 saturated heterocycles. The first-order valence-electron chi connectivity index (χ1n) is 7.07. The number of hydrogen-bond acceptors (Lipinski definition) is 5. The van der Waals surface area contributed by atoms with Gasteiger partial charge in [0.25, 0.3) is 5.91 Å². The molecule has 0 aliphatic carbocycles. The van der Waals surface area contributed by atoms with Crippen molar-refractivity contribution in [2.75, 3.05) is 26.9 Å². The number of ether oxygens (including phenoxy) is 3. The quantitative estimate of drug-likeness (QED) is 0.441. The number of rotatable bonds is 8. The lowest BCUT2D eigenvalue weighted by molar-refractivity contribution is -0.143. The van der Waals surface area contributed by atoms with Crippen molar-refractivity contribution in [3.63, 3.8) is 0 Å². The molecule has 0 aromatic heterocycles. The molecule has 0 unspecified atom stereocenters. The minimum absolute atomic E-state index is 0.0801. The van der Waals surface area contributed by atoms with Crippen molar-refractivity contribution in [2.24, 2.45) is 0 Å². The molecule has 1 aromatic rings. The van der Waals surface area contributed by atoms with Crippen LogP contribution in [0, 0.1) is 12.3 Å². The van der Waals surface area contributed by atoms with E-state index in [0.717, 1.165) is 0 Å². The summed E-state index contributed by atoms with van der Waals surface area (Å²) in [5.41, 5.74) is 0.619. The standard InChI is InChI=1S/C17H18ClNO5/c1-4-8-19-15(20)11-24-16(21)7-6-12-9-13(18)17(23-5-2)14(10-12)22-3/h1,6-7,9-10H,5,8,11H2,2-3H3,(H,19,20)/b7-6+.